The number of aryl methyl sites for hydroxylation is 1. The number of rotatable bonds is 7. The van der Waals surface area contributed by atoms with Crippen LogP contribution in [0, 0.1) is 5.92 Å². The Labute approximate surface area is 153 Å². The van der Waals surface area contributed by atoms with Gasteiger partial charge in [0, 0.05) is 6.42 Å². The van der Waals surface area contributed by atoms with Gasteiger partial charge in [0.2, 0.25) is 11.7 Å². The summed E-state index contributed by atoms with van der Waals surface area (Å²) >= 11 is 0. The second-order valence-corrected chi connectivity index (χ2v) is 6.68. The Morgan fingerprint density at radius 1 is 1.08 bits per heavy atom. The monoisotopic (exact) mass is 349 g/mol. The largest absolute Gasteiger partial charge is 0.488 e. The lowest BCUT2D eigenvalue weighted by molar-refractivity contribution is 0.307. The zero-order chi connectivity index (χ0) is 17.6. The highest BCUT2D eigenvalue weighted by Crippen LogP contribution is 2.28. The van der Waals surface area contributed by atoms with Gasteiger partial charge in [-0.1, -0.05) is 47.6 Å². The third-order valence-corrected chi connectivity index (χ3v) is 4.76. The van der Waals surface area contributed by atoms with Crippen LogP contribution in [0.1, 0.15) is 24.3 Å². The van der Waals surface area contributed by atoms with Gasteiger partial charge < -0.3 is 14.6 Å². The maximum atomic E-state index is 6.00. The average Bonchev–Trinajstić information content (AvgIpc) is 3.38. The van der Waals surface area contributed by atoms with Crippen LogP contribution in [0.25, 0.3) is 11.4 Å². The van der Waals surface area contributed by atoms with Crippen molar-refractivity contribution < 1.29 is 9.26 Å². The van der Waals surface area contributed by atoms with Gasteiger partial charge in [-0.25, -0.2) is 0 Å². The van der Waals surface area contributed by atoms with Crippen molar-refractivity contribution in [3.8, 4) is 17.1 Å². The van der Waals surface area contributed by atoms with E-state index in [0.29, 0.717) is 24.2 Å². The molecule has 5 heteroatoms. The molecule has 5 nitrogen and oxygen atoms in total. The lowest BCUT2D eigenvalue weighted by atomic mass is 10.0. The first-order chi connectivity index (χ1) is 12.9. The van der Waals surface area contributed by atoms with Crippen LogP contribution in [0.3, 0.4) is 0 Å². The van der Waals surface area contributed by atoms with Crippen LogP contribution in [0.4, 0.5) is 0 Å². The van der Waals surface area contributed by atoms with Crippen LogP contribution >= 0.6 is 0 Å². The Bertz CT molecular complexity index is 826. The Morgan fingerprint density at radius 2 is 1.92 bits per heavy atom. The van der Waals surface area contributed by atoms with Crippen molar-refractivity contribution in [3.05, 3.63) is 66.1 Å². The van der Waals surface area contributed by atoms with E-state index < -0.39 is 0 Å². The molecule has 1 aliphatic rings. The minimum Gasteiger partial charge on any atom is -0.488 e. The number of hydrogen-bond acceptors (Lipinski definition) is 5. The molecule has 1 atom stereocenters. The minimum atomic E-state index is 0.511. The zero-order valence-electron chi connectivity index (χ0n) is 14.7. The molecule has 0 saturated carbocycles. The fraction of sp³-hybridized carbons (Fsp3) is 0.333. The van der Waals surface area contributed by atoms with Crippen molar-refractivity contribution in [2.24, 2.45) is 5.92 Å². The number of nitrogens with zero attached hydrogens (tertiary/aromatic N) is 2. The maximum Gasteiger partial charge on any atom is 0.226 e. The first-order valence-electron chi connectivity index (χ1n) is 9.18. The highest BCUT2D eigenvalue weighted by atomic mass is 16.5. The van der Waals surface area contributed by atoms with E-state index in [0.717, 1.165) is 42.8 Å². The second kappa shape index (κ2) is 8.15. The highest BCUT2D eigenvalue weighted by molar-refractivity contribution is 5.63. The molecule has 1 aliphatic heterocycles. The van der Waals surface area contributed by atoms with Gasteiger partial charge in [-0.05, 0) is 49.5 Å². The van der Waals surface area contributed by atoms with Crippen LogP contribution in [-0.4, -0.2) is 23.2 Å². The third-order valence-electron chi connectivity index (χ3n) is 4.76. The molecule has 0 spiro atoms. The molecule has 0 bridgehead atoms. The molecule has 3 aromatic rings. The molecule has 2 aromatic carbocycles. The fourth-order valence-electron chi connectivity index (χ4n) is 3.27. The van der Waals surface area contributed by atoms with Crippen molar-refractivity contribution in [2.45, 2.75) is 25.9 Å². The average molecular weight is 349 g/mol. The van der Waals surface area contributed by atoms with Gasteiger partial charge in [-0.3, -0.25) is 0 Å². The SMILES string of the molecule is c1ccc(COc2ccccc2-c2noc(CCC3CCNC3)n2)cc1. The summed E-state index contributed by atoms with van der Waals surface area (Å²) in [7, 11) is 0. The van der Waals surface area contributed by atoms with E-state index in [9.17, 15) is 0 Å². The lowest BCUT2D eigenvalue weighted by Crippen LogP contribution is -2.09. The maximum absolute atomic E-state index is 6.00. The van der Waals surface area contributed by atoms with E-state index in [4.69, 9.17) is 9.26 Å². The first kappa shape index (κ1) is 16.8. The van der Waals surface area contributed by atoms with E-state index in [1.807, 2.05) is 54.6 Å². The van der Waals surface area contributed by atoms with E-state index >= 15 is 0 Å². The fourth-order valence-corrected chi connectivity index (χ4v) is 3.27. The number of aromatic nitrogens is 2. The molecule has 1 fully saturated rings. The summed E-state index contributed by atoms with van der Waals surface area (Å²) in [6.07, 6.45) is 3.14. The van der Waals surface area contributed by atoms with Gasteiger partial charge in [0.15, 0.2) is 0 Å². The molecule has 1 saturated heterocycles. The Balaban J connectivity index is 1.44. The lowest BCUT2D eigenvalue weighted by Gasteiger charge is -2.09. The Morgan fingerprint density at radius 3 is 2.77 bits per heavy atom. The molecule has 2 heterocycles. The zero-order valence-corrected chi connectivity index (χ0v) is 14.7. The minimum absolute atomic E-state index is 0.511. The van der Waals surface area contributed by atoms with Crippen molar-refractivity contribution >= 4 is 0 Å². The molecular weight excluding hydrogens is 326 g/mol. The molecule has 0 aliphatic carbocycles. The van der Waals surface area contributed by atoms with Crippen LogP contribution in [-0.2, 0) is 13.0 Å². The summed E-state index contributed by atoms with van der Waals surface area (Å²) in [6.45, 7) is 2.72. The summed E-state index contributed by atoms with van der Waals surface area (Å²) in [4.78, 5) is 4.58. The highest BCUT2D eigenvalue weighted by Gasteiger charge is 2.17. The van der Waals surface area contributed by atoms with Crippen LogP contribution in [0.2, 0.25) is 0 Å². The normalized spacial score (nSPS) is 16.7. The van der Waals surface area contributed by atoms with E-state index in [1.54, 1.807) is 0 Å². The number of ether oxygens (including phenoxy) is 1. The summed E-state index contributed by atoms with van der Waals surface area (Å²) in [6, 6.07) is 17.9. The van der Waals surface area contributed by atoms with Crippen molar-refractivity contribution in [2.75, 3.05) is 13.1 Å². The Hall–Kier alpha value is -2.66. The van der Waals surface area contributed by atoms with Crippen LogP contribution in [0.15, 0.2) is 59.1 Å². The van der Waals surface area contributed by atoms with Crippen LogP contribution in [0.5, 0.6) is 5.75 Å². The summed E-state index contributed by atoms with van der Waals surface area (Å²) in [5.74, 6) is 2.77. The summed E-state index contributed by atoms with van der Waals surface area (Å²) in [5, 5.41) is 7.56. The number of benzene rings is 2. The van der Waals surface area contributed by atoms with Gasteiger partial charge in [-0.15, -0.1) is 0 Å². The van der Waals surface area contributed by atoms with Crippen molar-refractivity contribution in [1.82, 2.24) is 15.5 Å². The predicted molar refractivity (Wildman–Crippen MR) is 99.8 cm³/mol. The third kappa shape index (κ3) is 4.11. The van der Waals surface area contributed by atoms with Crippen molar-refractivity contribution in [1.29, 1.82) is 0 Å². The van der Waals surface area contributed by atoms with Gasteiger partial charge in [0.25, 0.3) is 0 Å². The smallest absolute Gasteiger partial charge is 0.226 e. The quantitative estimate of drug-likeness (QED) is 0.702. The number of hydrogen-bond donors (Lipinski definition) is 1. The first-order valence-corrected chi connectivity index (χ1v) is 9.18. The molecule has 1 unspecified atom stereocenters. The second-order valence-electron chi connectivity index (χ2n) is 6.68. The molecule has 26 heavy (non-hydrogen) atoms. The summed E-state index contributed by atoms with van der Waals surface area (Å²) < 4.78 is 11.5. The molecule has 1 N–H and O–H groups in total. The van der Waals surface area contributed by atoms with E-state index in [1.165, 1.54) is 6.42 Å². The van der Waals surface area contributed by atoms with Gasteiger partial charge in [-0.2, -0.15) is 4.98 Å². The molecule has 1 aromatic heterocycles. The predicted octanol–water partition coefficient (Wildman–Crippen LogP) is 3.86. The number of para-hydroxylation sites is 1. The molecule has 0 radical (unpaired) electrons. The molecular formula is C21H23N3O2. The van der Waals surface area contributed by atoms with Gasteiger partial charge in [0.05, 0.1) is 5.56 Å². The number of nitrogens with one attached hydrogen (secondary N) is 1. The molecule has 0 amide bonds. The molecule has 134 valence electrons. The van der Waals surface area contributed by atoms with E-state index in [2.05, 4.69) is 15.5 Å². The summed E-state index contributed by atoms with van der Waals surface area (Å²) in [5.41, 5.74) is 1.99. The van der Waals surface area contributed by atoms with Gasteiger partial charge in [0.1, 0.15) is 12.4 Å². The van der Waals surface area contributed by atoms with Gasteiger partial charge >= 0.3 is 0 Å². The standard InChI is InChI=1S/C21H23N3O2/c1-2-6-17(7-3-1)15-25-19-9-5-4-8-18(19)21-23-20(26-24-21)11-10-16-12-13-22-14-16/h1-9,16,22H,10-15H2. The molecule has 4 rings (SSSR count). The van der Waals surface area contributed by atoms with Crippen molar-refractivity contribution in [3.63, 3.8) is 0 Å². The topological polar surface area (TPSA) is 60.2 Å². The van der Waals surface area contributed by atoms with Crippen LogP contribution < -0.4 is 10.1 Å². The van der Waals surface area contributed by atoms with E-state index in [-0.39, 0.29) is 0 Å². The Kier molecular flexibility index (Phi) is 5.26.